The molecule has 1 aromatic heterocycles. The highest BCUT2D eigenvalue weighted by Crippen LogP contribution is 2.29. The lowest BCUT2D eigenvalue weighted by Gasteiger charge is -2.17. The Hall–Kier alpha value is -2.37. The molecular formula is C12H13N5O. The van der Waals surface area contributed by atoms with Crippen LogP contribution in [0.3, 0.4) is 0 Å². The van der Waals surface area contributed by atoms with Gasteiger partial charge in [-0.25, -0.2) is 9.67 Å². The number of nitrogen functional groups attached to an aromatic ring is 1. The topological polar surface area (TPSA) is 77.0 Å². The van der Waals surface area contributed by atoms with Crippen LogP contribution in [0.1, 0.15) is 5.56 Å². The van der Waals surface area contributed by atoms with E-state index in [4.69, 9.17) is 5.73 Å². The van der Waals surface area contributed by atoms with Crippen LogP contribution in [0.15, 0.2) is 30.9 Å². The zero-order chi connectivity index (χ0) is 12.5. The summed E-state index contributed by atoms with van der Waals surface area (Å²) in [7, 11) is 0. The molecule has 0 spiro atoms. The third kappa shape index (κ3) is 1.81. The summed E-state index contributed by atoms with van der Waals surface area (Å²) in [6.07, 6.45) is 3.81. The minimum Gasteiger partial charge on any atom is -0.399 e. The number of nitrogens with two attached hydrogens (primary N) is 1. The molecule has 1 amide bonds. The second kappa shape index (κ2) is 4.14. The van der Waals surface area contributed by atoms with E-state index in [2.05, 4.69) is 10.1 Å². The molecule has 2 heterocycles. The van der Waals surface area contributed by atoms with Gasteiger partial charge in [0.15, 0.2) is 0 Å². The third-order valence-corrected chi connectivity index (χ3v) is 3.06. The Bertz CT molecular complexity index is 578. The van der Waals surface area contributed by atoms with E-state index in [0.717, 1.165) is 23.4 Å². The Labute approximate surface area is 104 Å². The minimum atomic E-state index is 0.0176. The van der Waals surface area contributed by atoms with Crippen LogP contribution in [0.2, 0.25) is 0 Å². The predicted octanol–water partition coefficient (Wildman–Crippen LogP) is 0.450. The Morgan fingerprint density at radius 3 is 3.11 bits per heavy atom. The maximum Gasteiger partial charge on any atom is 0.248 e. The first-order chi connectivity index (χ1) is 8.74. The molecule has 0 saturated heterocycles. The lowest BCUT2D eigenvalue weighted by Crippen LogP contribution is -2.32. The number of benzene rings is 1. The van der Waals surface area contributed by atoms with Gasteiger partial charge in [0, 0.05) is 17.9 Å². The second-order valence-corrected chi connectivity index (χ2v) is 4.28. The van der Waals surface area contributed by atoms with Crippen molar-refractivity contribution < 1.29 is 4.79 Å². The molecule has 6 heteroatoms. The molecule has 0 atom stereocenters. The van der Waals surface area contributed by atoms with Crippen LogP contribution in [0.4, 0.5) is 11.4 Å². The van der Waals surface area contributed by atoms with Gasteiger partial charge >= 0.3 is 0 Å². The van der Waals surface area contributed by atoms with Crippen molar-refractivity contribution in [2.24, 2.45) is 0 Å². The van der Waals surface area contributed by atoms with Crippen molar-refractivity contribution in [1.82, 2.24) is 14.8 Å². The SMILES string of the molecule is Nc1ccc2c(c1)CCN2C(=O)Cn1cncn1. The highest BCUT2D eigenvalue weighted by molar-refractivity contribution is 5.95. The van der Waals surface area contributed by atoms with Crippen LogP contribution in [-0.2, 0) is 17.8 Å². The lowest BCUT2D eigenvalue weighted by molar-refractivity contribution is -0.119. The number of anilines is 2. The molecular weight excluding hydrogens is 230 g/mol. The number of fused-ring (bicyclic) bond motifs is 1. The van der Waals surface area contributed by atoms with Crippen LogP contribution < -0.4 is 10.6 Å². The first kappa shape index (κ1) is 10.8. The van der Waals surface area contributed by atoms with Crippen molar-refractivity contribution in [1.29, 1.82) is 0 Å². The van der Waals surface area contributed by atoms with Gasteiger partial charge in [-0.2, -0.15) is 5.10 Å². The van der Waals surface area contributed by atoms with Crippen LogP contribution in [-0.4, -0.2) is 27.2 Å². The van der Waals surface area contributed by atoms with Crippen LogP contribution in [0, 0.1) is 0 Å². The molecule has 0 radical (unpaired) electrons. The smallest absolute Gasteiger partial charge is 0.248 e. The lowest BCUT2D eigenvalue weighted by atomic mass is 10.1. The van der Waals surface area contributed by atoms with Crippen LogP contribution in [0.25, 0.3) is 0 Å². The van der Waals surface area contributed by atoms with Gasteiger partial charge in [0.1, 0.15) is 19.2 Å². The van der Waals surface area contributed by atoms with E-state index in [1.807, 2.05) is 18.2 Å². The zero-order valence-electron chi connectivity index (χ0n) is 9.78. The average Bonchev–Trinajstić information content (AvgIpc) is 2.97. The maximum absolute atomic E-state index is 12.2. The number of carbonyl (C=O) groups excluding carboxylic acids is 1. The van der Waals surface area contributed by atoms with Gasteiger partial charge in [0.05, 0.1) is 0 Å². The number of nitrogens with zero attached hydrogens (tertiary/aromatic N) is 4. The number of rotatable bonds is 2. The molecule has 1 aliphatic rings. The van der Waals surface area contributed by atoms with Crippen molar-refractivity contribution in [3.8, 4) is 0 Å². The Balaban J connectivity index is 1.81. The summed E-state index contributed by atoms with van der Waals surface area (Å²) in [6.45, 7) is 0.913. The first-order valence-electron chi connectivity index (χ1n) is 5.75. The molecule has 0 bridgehead atoms. The summed E-state index contributed by atoms with van der Waals surface area (Å²) in [5, 5.41) is 3.94. The summed E-state index contributed by atoms with van der Waals surface area (Å²) >= 11 is 0. The molecule has 0 unspecified atom stereocenters. The number of aromatic nitrogens is 3. The average molecular weight is 243 g/mol. The van der Waals surface area contributed by atoms with Crippen LogP contribution in [0.5, 0.6) is 0 Å². The van der Waals surface area contributed by atoms with E-state index in [1.54, 1.807) is 4.90 Å². The van der Waals surface area contributed by atoms with E-state index in [1.165, 1.54) is 17.3 Å². The van der Waals surface area contributed by atoms with E-state index >= 15 is 0 Å². The normalized spacial score (nSPS) is 13.7. The molecule has 2 aromatic rings. The van der Waals surface area contributed by atoms with E-state index in [-0.39, 0.29) is 12.5 Å². The summed E-state index contributed by atoms with van der Waals surface area (Å²) in [4.78, 5) is 17.8. The van der Waals surface area contributed by atoms with E-state index in [0.29, 0.717) is 6.54 Å². The van der Waals surface area contributed by atoms with Gasteiger partial charge in [-0.05, 0) is 30.2 Å². The molecule has 18 heavy (non-hydrogen) atoms. The number of hydrogen-bond donors (Lipinski definition) is 1. The maximum atomic E-state index is 12.2. The largest absolute Gasteiger partial charge is 0.399 e. The van der Waals surface area contributed by atoms with Crippen molar-refractivity contribution in [3.05, 3.63) is 36.4 Å². The fourth-order valence-corrected chi connectivity index (χ4v) is 2.22. The Morgan fingerprint density at radius 2 is 2.33 bits per heavy atom. The number of carbonyl (C=O) groups is 1. The summed E-state index contributed by atoms with van der Waals surface area (Å²) < 4.78 is 1.53. The Kier molecular flexibility index (Phi) is 2.47. The van der Waals surface area contributed by atoms with E-state index < -0.39 is 0 Å². The molecule has 1 aromatic carbocycles. The summed E-state index contributed by atoms with van der Waals surface area (Å²) in [5.41, 5.74) is 8.55. The fraction of sp³-hybridized carbons (Fsp3) is 0.250. The van der Waals surface area contributed by atoms with Crippen molar-refractivity contribution >= 4 is 17.3 Å². The monoisotopic (exact) mass is 243 g/mol. The Morgan fingerprint density at radius 1 is 1.44 bits per heavy atom. The second-order valence-electron chi connectivity index (χ2n) is 4.28. The molecule has 2 N–H and O–H groups in total. The number of amides is 1. The van der Waals surface area contributed by atoms with Crippen molar-refractivity contribution in [2.45, 2.75) is 13.0 Å². The zero-order valence-corrected chi connectivity index (χ0v) is 9.78. The molecule has 0 saturated carbocycles. The van der Waals surface area contributed by atoms with Gasteiger partial charge in [-0.15, -0.1) is 0 Å². The molecule has 1 aliphatic heterocycles. The third-order valence-electron chi connectivity index (χ3n) is 3.06. The highest BCUT2D eigenvalue weighted by atomic mass is 16.2. The standard InChI is InChI=1S/C12H13N5O/c13-10-1-2-11-9(5-10)3-4-17(11)12(18)6-16-8-14-7-15-16/h1-2,5,7-8H,3-4,6,13H2. The minimum absolute atomic E-state index is 0.0176. The van der Waals surface area contributed by atoms with Gasteiger partial charge < -0.3 is 10.6 Å². The molecule has 3 rings (SSSR count). The van der Waals surface area contributed by atoms with Gasteiger partial charge in [0.2, 0.25) is 5.91 Å². The van der Waals surface area contributed by atoms with Crippen molar-refractivity contribution in [2.75, 3.05) is 17.2 Å². The van der Waals surface area contributed by atoms with Gasteiger partial charge in [0.25, 0.3) is 0 Å². The fourth-order valence-electron chi connectivity index (χ4n) is 2.22. The van der Waals surface area contributed by atoms with E-state index in [9.17, 15) is 4.79 Å². The molecule has 0 aliphatic carbocycles. The first-order valence-corrected chi connectivity index (χ1v) is 5.75. The molecule has 6 nitrogen and oxygen atoms in total. The molecule has 0 fully saturated rings. The predicted molar refractivity (Wildman–Crippen MR) is 66.9 cm³/mol. The van der Waals surface area contributed by atoms with Crippen LogP contribution >= 0.6 is 0 Å². The van der Waals surface area contributed by atoms with Gasteiger partial charge in [-0.3, -0.25) is 4.79 Å². The molecule has 92 valence electrons. The summed E-state index contributed by atoms with van der Waals surface area (Å²) in [5.74, 6) is 0.0176. The quantitative estimate of drug-likeness (QED) is 0.777. The summed E-state index contributed by atoms with van der Waals surface area (Å²) in [6, 6.07) is 5.65. The highest BCUT2D eigenvalue weighted by Gasteiger charge is 2.24. The van der Waals surface area contributed by atoms with Crippen molar-refractivity contribution in [3.63, 3.8) is 0 Å². The number of hydrogen-bond acceptors (Lipinski definition) is 4. The van der Waals surface area contributed by atoms with Gasteiger partial charge in [-0.1, -0.05) is 0 Å².